The number of rotatable bonds is 3. The predicted octanol–water partition coefficient (Wildman–Crippen LogP) is 1.25. The molecule has 1 fully saturated rings. The van der Waals surface area contributed by atoms with Crippen LogP contribution < -0.4 is 5.69 Å². The van der Waals surface area contributed by atoms with E-state index in [0.29, 0.717) is 11.0 Å². The summed E-state index contributed by atoms with van der Waals surface area (Å²) >= 11 is 6.14. The topological polar surface area (TPSA) is 119 Å². The van der Waals surface area contributed by atoms with Crippen LogP contribution in [0.3, 0.4) is 0 Å². The van der Waals surface area contributed by atoms with E-state index in [0.717, 1.165) is 0 Å². The van der Waals surface area contributed by atoms with E-state index < -0.39 is 15.7 Å². The van der Waals surface area contributed by atoms with E-state index in [9.17, 15) is 18.0 Å². The summed E-state index contributed by atoms with van der Waals surface area (Å²) in [6.45, 7) is 0.735. The summed E-state index contributed by atoms with van der Waals surface area (Å²) < 4.78 is 32.3. The van der Waals surface area contributed by atoms with Crippen LogP contribution in [0.5, 0.6) is 0 Å². The molecular formula is C16H15ClN4O5S. The Morgan fingerprint density at radius 1 is 1.11 bits per heavy atom. The molecule has 11 heteroatoms. The zero-order valence-electron chi connectivity index (χ0n) is 13.9. The second-order valence-electron chi connectivity index (χ2n) is 6.08. The Morgan fingerprint density at radius 2 is 1.78 bits per heavy atom. The van der Waals surface area contributed by atoms with Gasteiger partial charge in [-0.05, 0) is 24.3 Å². The Hall–Kier alpha value is -2.56. The standard InChI is InChI=1S/C16H15ClN4O5S/c17-10-8-11-12(19-16(23)18-11)9-14(10)27(24,25)21-5-3-20(4-6-21)15(22)13-2-1-7-26-13/h1-2,7-9H,3-6H2,(H2,18,19,23). The molecule has 1 aliphatic rings. The first-order valence-electron chi connectivity index (χ1n) is 8.11. The third-order valence-corrected chi connectivity index (χ3v) is 6.81. The number of carbonyl (C=O) groups is 1. The van der Waals surface area contributed by atoms with Gasteiger partial charge < -0.3 is 19.3 Å². The number of carbonyl (C=O) groups excluding carboxylic acids is 1. The number of aromatic nitrogens is 2. The Balaban J connectivity index is 1.56. The number of aromatic amines is 2. The number of amides is 1. The van der Waals surface area contributed by atoms with Crippen LogP contribution in [0.2, 0.25) is 5.02 Å². The van der Waals surface area contributed by atoms with Gasteiger partial charge >= 0.3 is 5.69 Å². The third kappa shape index (κ3) is 3.15. The van der Waals surface area contributed by atoms with Crippen molar-refractivity contribution in [2.75, 3.05) is 26.2 Å². The van der Waals surface area contributed by atoms with Crippen molar-refractivity contribution in [3.05, 3.63) is 51.8 Å². The lowest BCUT2D eigenvalue weighted by Crippen LogP contribution is -2.50. The quantitative estimate of drug-likeness (QED) is 0.673. The van der Waals surface area contributed by atoms with Gasteiger partial charge in [-0.3, -0.25) is 4.79 Å². The molecule has 2 aromatic heterocycles. The smallest absolute Gasteiger partial charge is 0.323 e. The molecule has 4 rings (SSSR count). The van der Waals surface area contributed by atoms with Crippen LogP contribution in [0.1, 0.15) is 10.6 Å². The Morgan fingerprint density at radius 3 is 2.41 bits per heavy atom. The lowest BCUT2D eigenvalue weighted by atomic mass is 10.3. The minimum absolute atomic E-state index is 0.0202. The zero-order valence-corrected chi connectivity index (χ0v) is 15.5. The number of imidazole rings is 1. The van der Waals surface area contributed by atoms with Gasteiger partial charge in [0, 0.05) is 26.2 Å². The van der Waals surface area contributed by atoms with Crippen LogP contribution in [0.25, 0.3) is 11.0 Å². The molecule has 0 atom stereocenters. The van der Waals surface area contributed by atoms with Gasteiger partial charge in [0.05, 0.1) is 22.3 Å². The molecule has 0 saturated carbocycles. The monoisotopic (exact) mass is 410 g/mol. The first-order chi connectivity index (χ1) is 12.9. The summed E-state index contributed by atoms with van der Waals surface area (Å²) in [7, 11) is -3.87. The summed E-state index contributed by atoms with van der Waals surface area (Å²) in [5.41, 5.74) is 0.341. The number of hydrogen-bond donors (Lipinski definition) is 2. The normalized spacial score (nSPS) is 16.1. The van der Waals surface area contributed by atoms with Gasteiger partial charge in [-0.25, -0.2) is 13.2 Å². The van der Waals surface area contributed by atoms with Crippen molar-refractivity contribution in [2.45, 2.75) is 4.90 Å². The fraction of sp³-hybridized carbons (Fsp3) is 0.250. The first kappa shape index (κ1) is 17.8. The molecule has 1 aliphatic heterocycles. The molecule has 1 saturated heterocycles. The average Bonchev–Trinajstić information content (AvgIpc) is 3.29. The Labute approximate surface area is 158 Å². The van der Waals surface area contributed by atoms with Crippen molar-refractivity contribution in [2.24, 2.45) is 0 Å². The lowest BCUT2D eigenvalue weighted by molar-refractivity contribution is 0.0666. The van der Waals surface area contributed by atoms with E-state index in [1.54, 1.807) is 17.0 Å². The largest absolute Gasteiger partial charge is 0.459 e. The van der Waals surface area contributed by atoms with Crippen LogP contribution in [0.4, 0.5) is 0 Å². The summed E-state index contributed by atoms with van der Waals surface area (Å²) in [5.74, 6) is -0.0578. The van der Waals surface area contributed by atoms with Crippen LogP contribution in [-0.2, 0) is 10.0 Å². The third-order valence-electron chi connectivity index (χ3n) is 4.44. The van der Waals surface area contributed by atoms with Gasteiger partial charge in [-0.2, -0.15) is 4.31 Å². The van der Waals surface area contributed by atoms with Crippen molar-refractivity contribution in [1.82, 2.24) is 19.2 Å². The number of benzene rings is 1. The fourth-order valence-corrected chi connectivity index (χ4v) is 5.01. The van der Waals surface area contributed by atoms with Crippen LogP contribution in [0.15, 0.2) is 44.6 Å². The summed E-state index contributed by atoms with van der Waals surface area (Å²) in [5, 5.41) is 0.0202. The minimum Gasteiger partial charge on any atom is -0.459 e. The molecule has 0 aliphatic carbocycles. The second-order valence-corrected chi connectivity index (χ2v) is 8.39. The highest BCUT2D eigenvalue weighted by Gasteiger charge is 2.32. The van der Waals surface area contributed by atoms with Crippen molar-refractivity contribution >= 4 is 38.6 Å². The van der Waals surface area contributed by atoms with Crippen molar-refractivity contribution < 1.29 is 17.6 Å². The van der Waals surface area contributed by atoms with E-state index in [-0.39, 0.29) is 47.8 Å². The molecule has 0 radical (unpaired) electrons. The molecule has 27 heavy (non-hydrogen) atoms. The number of piperazine rings is 1. The molecule has 142 valence electrons. The maximum Gasteiger partial charge on any atom is 0.323 e. The van der Waals surface area contributed by atoms with Gasteiger partial charge in [0.2, 0.25) is 10.0 Å². The summed E-state index contributed by atoms with van der Waals surface area (Å²) in [4.78, 5) is 30.2. The molecule has 0 unspecified atom stereocenters. The van der Waals surface area contributed by atoms with E-state index in [1.807, 2.05) is 0 Å². The van der Waals surface area contributed by atoms with E-state index >= 15 is 0 Å². The Bertz CT molecular complexity index is 1160. The highest BCUT2D eigenvalue weighted by Crippen LogP contribution is 2.28. The van der Waals surface area contributed by atoms with Gasteiger partial charge in [-0.15, -0.1) is 0 Å². The number of sulfonamides is 1. The van der Waals surface area contributed by atoms with Gasteiger partial charge in [0.25, 0.3) is 5.91 Å². The zero-order chi connectivity index (χ0) is 19.2. The average molecular weight is 411 g/mol. The molecule has 3 heterocycles. The molecule has 1 amide bonds. The summed E-state index contributed by atoms with van der Waals surface area (Å²) in [6, 6.07) is 5.93. The predicted molar refractivity (Wildman–Crippen MR) is 97.3 cm³/mol. The van der Waals surface area contributed by atoms with Crippen molar-refractivity contribution in [3.8, 4) is 0 Å². The lowest BCUT2D eigenvalue weighted by Gasteiger charge is -2.33. The first-order valence-corrected chi connectivity index (χ1v) is 9.92. The summed E-state index contributed by atoms with van der Waals surface area (Å²) in [6.07, 6.45) is 1.41. The number of hydrogen-bond acceptors (Lipinski definition) is 5. The highest BCUT2D eigenvalue weighted by atomic mass is 35.5. The number of furan rings is 1. The molecule has 0 spiro atoms. The minimum atomic E-state index is -3.87. The Kier molecular flexibility index (Phi) is 4.33. The van der Waals surface area contributed by atoms with E-state index in [1.165, 1.54) is 22.7 Å². The number of H-pyrrole nitrogens is 2. The molecule has 9 nitrogen and oxygen atoms in total. The second kappa shape index (κ2) is 6.55. The number of nitrogens with one attached hydrogen (secondary N) is 2. The SMILES string of the molecule is O=C(c1ccco1)N1CCN(S(=O)(=O)c2cc3[nH]c(=O)[nH]c3cc2Cl)CC1. The van der Waals surface area contributed by atoms with E-state index in [4.69, 9.17) is 16.0 Å². The molecule has 0 bridgehead atoms. The molecule has 2 N–H and O–H groups in total. The van der Waals surface area contributed by atoms with E-state index in [2.05, 4.69) is 9.97 Å². The molecular weight excluding hydrogens is 396 g/mol. The number of nitrogens with zero attached hydrogens (tertiary/aromatic N) is 2. The van der Waals surface area contributed by atoms with Crippen LogP contribution >= 0.6 is 11.6 Å². The number of fused-ring (bicyclic) bond motifs is 1. The van der Waals surface area contributed by atoms with Gasteiger partial charge in [0.1, 0.15) is 4.90 Å². The maximum atomic E-state index is 13.0. The van der Waals surface area contributed by atoms with Crippen LogP contribution in [0, 0.1) is 0 Å². The number of halogens is 1. The van der Waals surface area contributed by atoms with Gasteiger partial charge in [0.15, 0.2) is 5.76 Å². The highest BCUT2D eigenvalue weighted by molar-refractivity contribution is 7.89. The van der Waals surface area contributed by atoms with Crippen molar-refractivity contribution in [3.63, 3.8) is 0 Å². The fourth-order valence-electron chi connectivity index (χ4n) is 3.06. The van der Waals surface area contributed by atoms with Gasteiger partial charge in [-0.1, -0.05) is 11.6 Å². The molecule has 1 aromatic carbocycles. The molecule has 3 aromatic rings. The van der Waals surface area contributed by atoms with Crippen molar-refractivity contribution in [1.29, 1.82) is 0 Å². The van der Waals surface area contributed by atoms with Crippen LogP contribution in [-0.4, -0.2) is 59.7 Å². The maximum absolute atomic E-state index is 13.0.